The Morgan fingerprint density at radius 2 is 1.80 bits per heavy atom. The summed E-state index contributed by atoms with van der Waals surface area (Å²) in [5.74, 6) is 0.135. The minimum Gasteiger partial charge on any atom is -0.480 e. The standard InChI is InChI=1S/C22H19Br2NO5/c1-12(2)14-4-6-15(7-5-14)21-25-18(22(27)30-21)10-13-8-16(23)20(17(24)9-13)29-11-19(26)28-3/h4-10,12H,11H2,1-3H3/b18-10-. The van der Waals surface area contributed by atoms with Gasteiger partial charge in [0.25, 0.3) is 0 Å². The summed E-state index contributed by atoms with van der Waals surface area (Å²) >= 11 is 6.83. The minimum atomic E-state index is -0.517. The van der Waals surface area contributed by atoms with Crippen molar-refractivity contribution in [3.63, 3.8) is 0 Å². The van der Waals surface area contributed by atoms with Crippen LogP contribution in [-0.4, -0.2) is 31.6 Å². The van der Waals surface area contributed by atoms with Crippen LogP contribution in [0.5, 0.6) is 5.75 Å². The number of rotatable bonds is 6. The Kier molecular flexibility index (Phi) is 7.10. The molecule has 0 bridgehead atoms. The van der Waals surface area contributed by atoms with Gasteiger partial charge in [0.1, 0.15) is 5.75 Å². The lowest BCUT2D eigenvalue weighted by molar-refractivity contribution is -0.143. The molecule has 0 amide bonds. The van der Waals surface area contributed by atoms with E-state index in [2.05, 4.69) is 55.4 Å². The fourth-order valence-electron chi connectivity index (χ4n) is 2.69. The zero-order valence-corrected chi connectivity index (χ0v) is 19.7. The largest absolute Gasteiger partial charge is 0.480 e. The second-order valence-corrected chi connectivity index (χ2v) is 8.50. The highest BCUT2D eigenvalue weighted by Crippen LogP contribution is 2.36. The molecule has 8 heteroatoms. The molecule has 3 rings (SSSR count). The summed E-state index contributed by atoms with van der Waals surface area (Å²) in [6.07, 6.45) is 1.62. The van der Waals surface area contributed by atoms with Gasteiger partial charge in [-0.15, -0.1) is 0 Å². The number of hydrogen-bond acceptors (Lipinski definition) is 6. The van der Waals surface area contributed by atoms with Gasteiger partial charge in [-0.1, -0.05) is 26.0 Å². The number of ether oxygens (including phenoxy) is 3. The van der Waals surface area contributed by atoms with Gasteiger partial charge in [0.15, 0.2) is 12.3 Å². The first-order chi connectivity index (χ1) is 14.3. The molecule has 0 atom stereocenters. The van der Waals surface area contributed by atoms with E-state index < -0.39 is 11.9 Å². The smallest absolute Gasteiger partial charge is 0.363 e. The molecule has 0 N–H and O–H groups in total. The molecule has 0 fully saturated rings. The molecule has 6 nitrogen and oxygen atoms in total. The Balaban J connectivity index is 1.83. The second-order valence-electron chi connectivity index (χ2n) is 6.79. The van der Waals surface area contributed by atoms with Gasteiger partial charge in [0.2, 0.25) is 5.90 Å². The van der Waals surface area contributed by atoms with Crippen LogP contribution in [0.4, 0.5) is 0 Å². The molecule has 0 saturated carbocycles. The van der Waals surface area contributed by atoms with E-state index in [-0.39, 0.29) is 18.2 Å². The van der Waals surface area contributed by atoms with E-state index in [0.717, 1.165) is 5.56 Å². The molecule has 30 heavy (non-hydrogen) atoms. The highest BCUT2D eigenvalue weighted by atomic mass is 79.9. The van der Waals surface area contributed by atoms with Gasteiger partial charge in [-0.25, -0.2) is 14.6 Å². The lowest BCUT2D eigenvalue weighted by Gasteiger charge is -2.10. The average molecular weight is 537 g/mol. The van der Waals surface area contributed by atoms with Crippen molar-refractivity contribution in [3.8, 4) is 5.75 Å². The number of esters is 2. The number of methoxy groups -OCH3 is 1. The Morgan fingerprint density at radius 1 is 1.17 bits per heavy atom. The molecule has 0 unspecified atom stereocenters. The topological polar surface area (TPSA) is 74.2 Å². The van der Waals surface area contributed by atoms with Crippen molar-refractivity contribution in [2.75, 3.05) is 13.7 Å². The van der Waals surface area contributed by atoms with Crippen LogP contribution in [0, 0.1) is 0 Å². The first-order valence-corrected chi connectivity index (χ1v) is 10.7. The molecule has 2 aromatic carbocycles. The number of hydrogen-bond donors (Lipinski definition) is 0. The quantitative estimate of drug-likeness (QED) is 0.373. The van der Waals surface area contributed by atoms with Crippen LogP contribution in [0.3, 0.4) is 0 Å². The molecule has 1 aliphatic rings. The number of benzene rings is 2. The van der Waals surface area contributed by atoms with Gasteiger partial charge < -0.3 is 14.2 Å². The van der Waals surface area contributed by atoms with Crippen molar-refractivity contribution in [3.05, 3.63) is 67.7 Å². The van der Waals surface area contributed by atoms with Gasteiger partial charge in [0.05, 0.1) is 16.1 Å². The predicted octanol–water partition coefficient (Wildman–Crippen LogP) is 5.23. The highest BCUT2D eigenvalue weighted by Gasteiger charge is 2.24. The van der Waals surface area contributed by atoms with E-state index in [1.54, 1.807) is 18.2 Å². The minimum absolute atomic E-state index is 0.194. The Hall–Kier alpha value is -2.45. The molecule has 0 aliphatic carbocycles. The number of carbonyl (C=O) groups is 2. The van der Waals surface area contributed by atoms with Crippen LogP contribution >= 0.6 is 31.9 Å². The molecular formula is C22H19Br2NO5. The normalized spacial score (nSPS) is 14.7. The van der Waals surface area contributed by atoms with Crippen molar-refractivity contribution < 1.29 is 23.8 Å². The first kappa shape index (κ1) is 22.2. The fraction of sp³-hybridized carbons (Fsp3) is 0.227. The Bertz CT molecular complexity index is 1020. The Morgan fingerprint density at radius 3 is 2.37 bits per heavy atom. The summed E-state index contributed by atoms with van der Waals surface area (Å²) in [7, 11) is 1.29. The zero-order valence-electron chi connectivity index (χ0n) is 16.6. The van der Waals surface area contributed by atoms with Gasteiger partial charge in [0, 0.05) is 5.56 Å². The van der Waals surface area contributed by atoms with Crippen LogP contribution in [-0.2, 0) is 19.1 Å². The maximum atomic E-state index is 12.3. The molecule has 1 aliphatic heterocycles. The summed E-state index contributed by atoms with van der Waals surface area (Å²) in [4.78, 5) is 27.9. The number of aliphatic imine (C=N–C) groups is 1. The van der Waals surface area contributed by atoms with E-state index in [0.29, 0.717) is 26.2 Å². The van der Waals surface area contributed by atoms with E-state index in [1.165, 1.54) is 12.7 Å². The van der Waals surface area contributed by atoms with Crippen molar-refractivity contribution in [1.82, 2.24) is 0 Å². The SMILES string of the molecule is COC(=O)COc1c(Br)cc(/C=C2\N=C(c3ccc(C(C)C)cc3)OC2=O)cc1Br. The maximum Gasteiger partial charge on any atom is 0.363 e. The third kappa shape index (κ3) is 5.17. The maximum absolute atomic E-state index is 12.3. The second kappa shape index (κ2) is 9.57. The van der Waals surface area contributed by atoms with Crippen LogP contribution in [0.25, 0.3) is 6.08 Å². The molecule has 156 valence electrons. The van der Waals surface area contributed by atoms with Crippen molar-refractivity contribution >= 4 is 55.8 Å². The number of halogens is 2. The van der Waals surface area contributed by atoms with Gasteiger partial charge in [-0.2, -0.15) is 0 Å². The summed E-state index contributed by atoms with van der Waals surface area (Å²) in [6, 6.07) is 11.3. The fourth-order valence-corrected chi connectivity index (χ4v) is 4.14. The van der Waals surface area contributed by atoms with E-state index in [4.69, 9.17) is 9.47 Å². The van der Waals surface area contributed by atoms with E-state index in [1.807, 2.05) is 24.3 Å². The summed E-state index contributed by atoms with van der Waals surface area (Å²) in [6.45, 7) is 4.01. The number of nitrogens with zero attached hydrogens (tertiary/aromatic N) is 1. The van der Waals surface area contributed by atoms with Crippen LogP contribution in [0.15, 0.2) is 56.0 Å². The van der Waals surface area contributed by atoms with Crippen LogP contribution in [0.1, 0.15) is 36.5 Å². The molecule has 0 saturated heterocycles. The van der Waals surface area contributed by atoms with Crippen LogP contribution < -0.4 is 4.74 Å². The summed E-state index contributed by atoms with van der Waals surface area (Å²) in [5.41, 5.74) is 2.83. The van der Waals surface area contributed by atoms with Gasteiger partial charge in [-0.05, 0) is 79.2 Å². The number of carbonyl (C=O) groups excluding carboxylic acids is 2. The molecule has 0 radical (unpaired) electrons. The molecule has 1 heterocycles. The lowest BCUT2D eigenvalue weighted by Crippen LogP contribution is -2.13. The van der Waals surface area contributed by atoms with E-state index in [9.17, 15) is 9.59 Å². The van der Waals surface area contributed by atoms with Crippen molar-refractivity contribution in [1.29, 1.82) is 0 Å². The van der Waals surface area contributed by atoms with Gasteiger partial charge >= 0.3 is 11.9 Å². The monoisotopic (exact) mass is 535 g/mol. The number of cyclic esters (lactones) is 1. The average Bonchev–Trinajstić information content (AvgIpc) is 3.07. The third-order valence-electron chi connectivity index (χ3n) is 4.33. The zero-order chi connectivity index (χ0) is 21.8. The van der Waals surface area contributed by atoms with Crippen LogP contribution in [0.2, 0.25) is 0 Å². The third-order valence-corrected chi connectivity index (χ3v) is 5.51. The lowest BCUT2D eigenvalue weighted by atomic mass is 10.0. The molecule has 2 aromatic rings. The first-order valence-electron chi connectivity index (χ1n) is 9.10. The summed E-state index contributed by atoms with van der Waals surface area (Å²) in [5, 5.41) is 0. The van der Waals surface area contributed by atoms with Gasteiger partial charge in [-0.3, -0.25) is 0 Å². The van der Waals surface area contributed by atoms with Crippen molar-refractivity contribution in [2.24, 2.45) is 4.99 Å². The predicted molar refractivity (Wildman–Crippen MR) is 120 cm³/mol. The Labute approximate surface area is 191 Å². The summed E-state index contributed by atoms with van der Waals surface area (Å²) < 4.78 is 16.6. The molecule has 0 aromatic heterocycles. The highest BCUT2D eigenvalue weighted by molar-refractivity contribution is 9.11. The van der Waals surface area contributed by atoms with Crippen molar-refractivity contribution in [2.45, 2.75) is 19.8 Å². The van der Waals surface area contributed by atoms with E-state index >= 15 is 0 Å². The molecular weight excluding hydrogens is 518 g/mol. The molecule has 0 spiro atoms.